The molecule has 1 N–H and O–H groups in total. The van der Waals surface area contributed by atoms with Gasteiger partial charge in [0, 0.05) is 10.7 Å². The van der Waals surface area contributed by atoms with Crippen LogP contribution in [-0.2, 0) is 5.41 Å². The molecule has 0 spiro atoms. The minimum Gasteiger partial charge on any atom is -0.506 e. The van der Waals surface area contributed by atoms with E-state index < -0.39 is 0 Å². The van der Waals surface area contributed by atoms with Crippen molar-refractivity contribution in [2.45, 2.75) is 24.1 Å². The first kappa shape index (κ1) is 23.2. The molecule has 0 amide bonds. The summed E-state index contributed by atoms with van der Waals surface area (Å²) >= 11 is 21.1. The van der Waals surface area contributed by atoms with E-state index in [0.717, 1.165) is 31.2 Å². The molecule has 0 fully saturated rings. The Hall–Kier alpha value is 0.920. The van der Waals surface area contributed by atoms with Crippen LogP contribution in [-0.4, -0.2) is 21.9 Å². The van der Waals surface area contributed by atoms with Gasteiger partial charge in [-0.2, -0.15) is 0 Å². The molecule has 0 aromatic heterocycles. The molecule has 26 heavy (non-hydrogen) atoms. The number of aromatic hydroxyl groups is 1. The average Bonchev–Trinajstić information content (AvgIpc) is 2.57. The van der Waals surface area contributed by atoms with Crippen LogP contribution in [0.4, 0.5) is 0 Å². The van der Waals surface area contributed by atoms with Crippen LogP contribution < -0.4 is 4.74 Å². The molecule has 0 aliphatic heterocycles. The van der Waals surface area contributed by atoms with Crippen molar-refractivity contribution in [3.63, 3.8) is 0 Å². The quantitative estimate of drug-likeness (QED) is 0.302. The molecule has 0 saturated carbocycles. The topological polar surface area (TPSA) is 29.5 Å². The minimum absolute atomic E-state index is 0.201. The van der Waals surface area contributed by atoms with E-state index in [1.54, 1.807) is 0 Å². The number of hydrogen-bond acceptors (Lipinski definition) is 2. The van der Waals surface area contributed by atoms with E-state index in [-0.39, 0.29) is 16.0 Å². The van der Waals surface area contributed by atoms with Crippen LogP contribution >= 0.6 is 95.6 Å². The highest BCUT2D eigenvalue weighted by molar-refractivity contribution is 9.12. The first-order valence-electron chi connectivity index (χ1n) is 7.58. The Kier molecular flexibility index (Phi) is 8.58. The Morgan fingerprint density at radius 3 is 1.77 bits per heavy atom. The molecule has 2 aromatic carbocycles. The van der Waals surface area contributed by atoms with Crippen molar-refractivity contribution >= 4 is 95.6 Å². The van der Waals surface area contributed by atoms with Gasteiger partial charge < -0.3 is 9.84 Å². The molecule has 1 unspecified atom stereocenters. The number of alkyl halides is 2. The summed E-state index contributed by atoms with van der Waals surface area (Å²) in [4.78, 5) is 0.240. The second-order valence-corrected chi connectivity index (χ2v) is 11.6. The lowest BCUT2D eigenvalue weighted by Crippen LogP contribution is -2.19. The van der Waals surface area contributed by atoms with E-state index >= 15 is 0 Å². The predicted molar refractivity (Wildman–Crippen MR) is 129 cm³/mol. The lowest BCUT2D eigenvalue weighted by Gasteiger charge is -2.28. The van der Waals surface area contributed by atoms with Crippen molar-refractivity contribution in [2.75, 3.05) is 11.9 Å². The van der Waals surface area contributed by atoms with Gasteiger partial charge in [0.05, 0.1) is 22.7 Å². The van der Waals surface area contributed by atoms with Crippen molar-refractivity contribution in [1.29, 1.82) is 0 Å². The fraction of sp³-hybridized carbons (Fsp3) is 0.333. The van der Waals surface area contributed by atoms with Crippen LogP contribution in [0.2, 0.25) is 0 Å². The summed E-state index contributed by atoms with van der Waals surface area (Å²) in [5, 5.41) is 10.8. The van der Waals surface area contributed by atoms with Crippen molar-refractivity contribution in [2.24, 2.45) is 0 Å². The first-order chi connectivity index (χ1) is 12.1. The van der Waals surface area contributed by atoms with Gasteiger partial charge in [-0.25, -0.2) is 0 Å². The monoisotopic (exact) mass is 738 g/mol. The van der Waals surface area contributed by atoms with E-state index in [4.69, 9.17) is 4.74 Å². The van der Waals surface area contributed by atoms with Crippen molar-refractivity contribution in [3.8, 4) is 11.5 Å². The lowest BCUT2D eigenvalue weighted by atomic mass is 9.78. The van der Waals surface area contributed by atoms with E-state index in [0.29, 0.717) is 15.6 Å². The van der Waals surface area contributed by atoms with Crippen LogP contribution in [0.15, 0.2) is 42.2 Å². The molecule has 1 atom stereocenters. The number of hydrogen-bond donors (Lipinski definition) is 1. The molecule has 0 saturated heterocycles. The van der Waals surface area contributed by atoms with Crippen LogP contribution in [0.5, 0.6) is 11.5 Å². The summed E-state index contributed by atoms with van der Waals surface area (Å²) in [6.07, 6.45) is 0. The van der Waals surface area contributed by atoms with Gasteiger partial charge in [0.2, 0.25) is 0 Å². The van der Waals surface area contributed by atoms with E-state index in [2.05, 4.69) is 122 Å². The molecule has 2 nitrogen and oxygen atoms in total. The normalized spacial score (nSPS) is 12.9. The van der Waals surface area contributed by atoms with E-state index in [1.165, 1.54) is 0 Å². The molecule has 0 aliphatic carbocycles. The highest BCUT2D eigenvalue weighted by Gasteiger charge is 2.27. The molecular formula is C18H16Br6O2. The smallest absolute Gasteiger partial charge is 0.147 e. The number of ether oxygens (including phenoxy) is 1. The Bertz CT molecular complexity index is 760. The standard InChI is InChI=1S/C18H16Br6O2/c1-18(2,9-3-12(21)16(25)13(22)4-9)10-5-14(23)17(15(24)6-10)26-8-11(20)7-19/h3-6,11,25H,7-8H2,1-2H3. The molecule has 2 rings (SSSR count). The maximum atomic E-state index is 9.98. The van der Waals surface area contributed by atoms with Gasteiger partial charge >= 0.3 is 0 Å². The summed E-state index contributed by atoms with van der Waals surface area (Å²) in [5.74, 6) is 0.981. The number of phenolic OH excluding ortho intramolecular Hbond substituents is 1. The molecule has 8 heteroatoms. The summed E-state index contributed by atoms with van der Waals surface area (Å²) < 4.78 is 9.03. The zero-order valence-corrected chi connectivity index (χ0v) is 23.4. The molecule has 2 aromatic rings. The van der Waals surface area contributed by atoms with Gasteiger partial charge in [0.15, 0.2) is 0 Å². The van der Waals surface area contributed by atoms with Crippen molar-refractivity contribution < 1.29 is 9.84 Å². The summed E-state index contributed by atoms with van der Waals surface area (Å²) in [6, 6.07) is 8.04. The molecule has 0 radical (unpaired) electrons. The predicted octanol–water partition coefficient (Wildman–Crippen LogP) is 8.31. The highest BCUT2D eigenvalue weighted by atomic mass is 79.9. The van der Waals surface area contributed by atoms with Gasteiger partial charge in [-0.15, -0.1) is 0 Å². The largest absolute Gasteiger partial charge is 0.506 e. The van der Waals surface area contributed by atoms with Crippen LogP contribution in [0.25, 0.3) is 0 Å². The molecular weight excluding hydrogens is 728 g/mol. The highest BCUT2D eigenvalue weighted by Crippen LogP contribution is 2.43. The summed E-state index contributed by atoms with van der Waals surface area (Å²) in [7, 11) is 0. The average molecular weight is 744 g/mol. The van der Waals surface area contributed by atoms with Gasteiger partial charge in [-0.3, -0.25) is 0 Å². The van der Waals surface area contributed by atoms with Gasteiger partial charge in [0.25, 0.3) is 0 Å². The summed E-state index contributed by atoms with van der Waals surface area (Å²) in [6.45, 7) is 4.85. The molecule has 0 bridgehead atoms. The molecule has 0 heterocycles. The maximum Gasteiger partial charge on any atom is 0.147 e. The maximum absolute atomic E-state index is 9.98. The lowest BCUT2D eigenvalue weighted by molar-refractivity contribution is 0.321. The Balaban J connectivity index is 2.41. The fourth-order valence-electron chi connectivity index (χ4n) is 2.37. The summed E-state index contributed by atoms with van der Waals surface area (Å²) in [5.41, 5.74) is 1.90. The first-order valence-corrected chi connectivity index (χ1v) is 12.8. The van der Waals surface area contributed by atoms with E-state index in [1.807, 2.05) is 12.1 Å². The zero-order chi connectivity index (χ0) is 19.6. The van der Waals surface area contributed by atoms with Gasteiger partial charge in [-0.05, 0) is 99.1 Å². The number of halogens is 6. The Labute approximate surface area is 204 Å². The van der Waals surface area contributed by atoms with Gasteiger partial charge in [0.1, 0.15) is 18.1 Å². The van der Waals surface area contributed by atoms with Gasteiger partial charge in [-0.1, -0.05) is 45.7 Å². The number of benzene rings is 2. The number of phenols is 1. The minimum atomic E-state index is -0.282. The Morgan fingerprint density at radius 2 is 1.35 bits per heavy atom. The van der Waals surface area contributed by atoms with Crippen LogP contribution in [0.1, 0.15) is 25.0 Å². The van der Waals surface area contributed by atoms with Crippen LogP contribution in [0, 0.1) is 0 Å². The number of rotatable bonds is 6. The fourth-order valence-corrected chi connectivity index (χ4v) is 5.29. The molecule has 142 valence electrons. The third-order valence-electron chi connectivity index (χ3n) is 4.03. The van der Waals surface area contributed by atoms with E-state index in [9.17, 15) is 5.11 Å². The van der Waals surface area contributed by atoms with Crippen LogP contribution in [0.3, 0.4) is 0 Å². The van der Waals surface area contributed by atoms with Crippen molar-refractivity contribution in [1.82, 2.24) is 0 Å². The van der Waals surface area contributed by atoms with Crippen molar-refractivity contribution in [3.05, 3.63) is 53.3 Å². The zero-order valence-electron chi connectivity index (χ0n) is 13.9. The SMILES string of the molecule is CC(C)(c1cc(Br)c(O)c(Br)c1)c1cc(Br)c(OCC(Br)CBr)c(Br)c1. The second kappa shape index (κ2) is 9.61. The third-order valence-corrected chi connectivity index (χ3v) is 8.66. The second-order valence-electron chi connectivity index (χ2n) is 6.25. The molecule has 0 aliphatic rings. The third kappa shape index (κ3) is 5.29. The Morgan fingerprint density at radius 1 is 0.923 bits per heavy atom.